The molecule has 0 radical (unpaired) electrons. The molecule has 8 heteroatoms. The van der Waals surface area contributed by atoms with Gasteiger partial charge in [-0.1, -0.05) is 11.6 Å². The highest BCUT2D eigenvalue weighted by molar-refractivity contribution is 6.36. The Morgan fingerprint density at radius 1 is 1.20 bits per heavy atom. The van der Waals surface area contributed by atoms with Crippen LogP contribution in [0.5, 0.6) is 0 Å². The van der Waals surface area contributed by atoms with E-state index in [1.165, 1.54) is 6.42 Å². The van der Waals surface area contributed by atoms with Gasteiger partial charge in [-0.15, -0.1) is 0 Å². The van der Waals surface area contributed by atoms with Crippen LogP contribution in [-0.2, 0) is 0 Å². The van der Waals surface area contributed by atoms with E-state index in [0.29, 0.717) is 22.7 Å². The molecule has 7 nitrogen and oxygen atoms in total. The van der Waals surface area contributed by atoms with Crippen LogP contribution in [0.15, 0.2) is 30.6 Å². The van der Waals surface area contributed by atoms with Crippen molar-refractivity contribution in [2.24, 2.45) is 0 Å². The number of halogens is 1. The molecule has 0 unspecified atom stereocenters. The van der Waals surface area contributed by atoms with Crippen molar-refractivity contribution in [2.45, 2.75) is 25.3 Å². The second-order valence-corrected chi connectivity index (χ2v) is 6.73. The summed E-state index contributed by atoms with van der Waals surface area (Å²) < 4.78 is 0. The molecule has 4 aromatic rings. The Bertz CT molecular complexity index is 1060. The number of anilines is 3. The van der Waals surface area contributed by atoms with Gasteiger partial charge in [0.15, 0.2) is 0 Å². The molecular weight excluding hydrogens is 338 g/mol. The highest BCUT2D eigenvalue weighted by Gasteiger charge is 2.21. The molecular formula is C17H16ClN7. The van der Waals surface area contributed by atoms with Crippen molar-refractivity contribution >= 4 is 51.0 Å². The van der Waals surface area contributed by atoms with Crippen molar-refractivity contribution in [3.8, 4) is 0 Å². The van der Waals surface area contributed by atoms with Gasteiger partial charge in [0, 0.05) is 23.3 Å². The first kappa shape index (κ1) is 14.5. The molecule has 25 heavy (non-hydrogen) atoms. The van der Waals surface area contributed by atoms with Crippen LogP contribution < -0.4 is 10.6 Å². The van der Waals surface area contributed by atoms with Gasteiger partial charge in [0.2, 0.25) is 5.95 Å². The molecule has 1 aromatic carbocycles. The SMILES string of the molecule is Clc1c[nH]c2nc(Nc3ccc4cn[nH]c4c3)nc(NC3CCC3)c12. The summed E-state index contributed by atoms with van der Waals surface area (Å²) in [5.41, 5.74) is 2.57. The fraction of sp³-hybridized carbons (Fsp3) is 0.235. The second-order valence-electron chi connectivity index (χ2n) is 6.33. The molecule has 0 spiro atoms. The number of nitrogens with one attached hydrogen (secondary N) is 4. The first-order chi connectivity index (χ1) is 12.3. The molecule has 4 N–H and O–H groups in total. The lowest BCUT2D eigenvalue weighted by Crippen LogP contribution is -2.27. The number of aromatic amines is 2. The van der Waals surface area contributed by atoms with Crippen molar-refractivity contribution in [3.63, 3.8) is 0 Å². The third-order valence-electron chi connectivity index (χ3n) is 4.63. The maximum atomic E-state index is 6.31. The Hall–Kier alpha value is -2.80. The zero-order chi connectivity index (χ0) is 16.8. The summed E-state index contributed by atoms with van der Waals surface area (Å²) in [6.07, 6.45) is 7.11. The molecule has 126 valence electrons. The van der Waals surface area contributed by atoms with E-state index in [2.05, 4.69) is 35.8 Å². The molecule has 0 atom stereocenters. The lowest BCUT2D eigenvalue weighted by molar-refractivity contribution is 0.445. The molecule has 0 aliphatic heterocycles. The maximum Gasteiger partial charge on any atom is 0.231 e. The molecule has 1 saturated carbocycles. The minimum atomic E-state index is 0.457. The van der Waals surface area contributed by atoms with Crippen molar-refractivity contribution < 1.29 is 0 Å². The van der Waals surface area contributed by atoms with Crippen LogP contribution in [0.3, 0.4) is 0 Å². The number of hydrogen-bond donors (Lipinski definition) is 4. The molecule has 0 bridgehead atoms. The maximum absolute atomic E-state index is 6.31. The van der Waals surface area contributed by atoms with E-state index in [-0.39, 0.29) is 0 Å². The molecule has 0 saturated heterocycles. The molecule has 1 fully saturated rings. The van der Waals surface area contributed by atoms with E-state index >= 15 is 0 Å². The number of aromatic nitrogens is 5. The van der Waals surface area contributed by atoms with Crippen LogP contribution in [0.4, 0.5) is 17.5 Å². The first-order valence-electron chi connectivity index (χ1n) is 8.27. The number of benzene rings is 1. The van der Waals surface area contributed by atoms with Crippen molar-refractivity contribution in [3.05, 3.63) is 35.6 Å². The highest BCUT2D eigenvalue weighted by Crippen LogP contribution is 2.32. The first-order valence-corrected chi connectivity index (χ1v) is 8.65. The van der Waals surface area contributed by atoms with Gasteiger partial charge >= 0.3 is 0 Å². The van der Waals surface area contributed by atoms with E-state index in [1.54, 1.807) is 12.4 Å². The third kappa shape index (κ3) is 2.56. The molecule has 5 rings (SSSR count). The molecule has 3 aromatic heterocycles. The van der Waals surface area contributed by atoms with Crippen LogP contribution in [-0.4, -0.2) is 31.2 Å². The minimum Gasteiger partial charge on any atom is -0.367 e. The lowest BCUT2D eigenvalue weighted by Gasteiger charge is -2.27. The van der Waals surface area contributed by atoms with E-state index in [1.807, 2.05) is 18.2 Å². The third-order valence-corrected chi connectivity index (χ3v) is 4.93. The standard InChI is InChI=1S/C17H16ClN7/c18-12-8-19-15-14(12)16(21-10-2-1-3-10)24-17(23-15)22-11-5-4-9-7-20-25-13(9)6-11/h4-8,10H,1-3H2,(H,20,25)(H3,19,21,22,23,24). The van der Waals surface area contributed by atoms with Crippen LogP contribution >= 0.6 is 11.6 Å². The minimum absolute atomic E-state index is 0.457. The van der Waals surface area contributed by atoms with Crippen LogP contribution in [0.1, 0.15) is 19.3 Å². The quantitative estimate of drug-likeness (QED) is 0.441. The van der Waals surface area contributed by atoms with Gasteiger partial charge in [0.1, 0.15) is 11.5 Å². The Kier molecular flexibility index (Phi) is 3.27. The summed E-state index contributed by atoms with van der Waals surface area (Å²) in [6, 6.07) is 6.42. The Balaban J connectivity index is 1.53. The monoisotopic (exact) mass is 353 g/mol. The zero-order valence-corrected chi connectivity index (χ0v) is 14.1. The topological polar surface area (TPSA) is 94.3 Å². The number of hydrogen-bond acceptors (Lipinski definition) is 5. The van der Waals surface area contributed by atoms with Gasteiger partial charge in [-0.05, 0) is 37.5 Å². The van der Waals surface area contributed by atoms with E-state index < -0.39 is 0 Å². The van der Waals surface area contributed by atoms with Crippen LogP contribution in [0, 0.1) is 0 Å². The summed E-state index contributed by atoms with van der Waals surface area (Å²) in [5, 5.41) is 16.3. The zero-order valence-electron chi connectivity index (χ0n) is 13.3. The van der Waals surface area contributed by atoms with Gasteiger partial charge in [-0.2, -0.15) is 15.1 Å². The fourth-order valence-electron chi connectivity index (χ4n) is 3.05. The predicted octanol–water partition coefficient (Wildman–Crippen LogP) is 4.20. The predicted molar refractivity (Wildman–Crippen MR) is 99.5 cm³/mol. The highest BCUT2D eigenvalue weighted by atomic mass is 35.5. The average Bonchev–Trinajstić information content (AvgIpc) is 3.17. The van der Waals surface area contributed by atoms with Crippen molar-refractivity contribution in [2.75, 3.05) is 10.6 Å². The summed E-state index contributed by atoms with van der Waals surface area (Å²) in [6.45, 7) is 0. The largest absolute Gasteiger partial charge is 0.367 e. The number of fused-ring (bicyclic) bond motifs is 2. The number of nitrogens with zero attached hydrogens (tertiary/aromatic N) is 3. The Labute approximate surface area is 148 Å². The summed E-state index contributed by atoms with van der Waals surface area (Å²) >= 11 is 6.31. The summed E-state index contributed by atoms with van der Waals surface area (Å²) in [4.78, 5) is 12.3. The molecule has 1 aliphatic carbocycles. The van der Waals surface area contributed by atoms with Gasteiger partial charge in [0.25, 0.3) is 0 Å². The molecule has 1 aliphatic rings. The normalized spacial score (nSPS) is 14.8. The smallest absolute Gasteiger partial charge is 0.231 e. The van der Waals surface area contributed by atoms with Gasteiger partial charge < -0.3 is 15.6 Å². The average molecular weight is 354 g/mol. The molecule has 0 amide bonds. The Morgan fingerprint density at radius 3 is 2.96 bits per heavy atom. The van der Waals surface area contributed by atoms with Crippen LogP contribution in [0.2, 0.25) is 5.02 Å². The number of rotatable bonds is 4. The second kappa shape index (κ2) is 5.63. The Morgan fingerprint density at radius 2 is 2.12 bits per heavy atom. The van der Waals surface area contributed by atoms with Gasteiger partial charge in [-0.25, -0.2) is 0 Å². The lowest BCUT2D eigenvalue weighted by atomic mass is 9.93. The van der Waals surface area contributed by atoms with Crippen molar-refractivity contribution in [1.29, 1.82) is 0 Å². The summed E-state index contributed by atoms with van der Waals surface area (Å²) in [7, 11) is 0. The van der Waals surface area contributed by atoms with Crippen molar-refractivity contribution in [1.82, 2.24) is 25.1 Å². The van der Waals surface area contributed by atoms with Crippen LogP contribution in [0.25, 0.3) is 21.9 Å². The fourth-order valence-corrected chi connectivity index (χ4v) is 3.28. The van der Waals surface area contributed by atoms with E-state index in [0.717, 1.165) is 40.6 Å². The number of H-pyrrole nitrogens is 2. The molecule has 3 heterocycles. The van der Waals surface area contributed by atoms with Gasteiger partial charge in [0.05, 0.1) is 22.1 Å². The van der Waals surface area contributed by atoms with E-state index in [4.69, 9.17) is 11.6 Å². The van der Waals surface area contributed by atoms with Gasteiger partial charge in [-0.3, -0.25) is 5.10 Å². The summed E-state index contributed by atoms with van der Waals surface area (Å²) in [5.74, 6) is 1.29. The van der Waals surface area contributed by atoms with E-state index in [9.17, 15) is 0 Å².